The largest absolute Gasteiger partial charge is 0.347 e. The van der Waals surface area contributed by atoms with Gasteiger partial charge in [0.2, 0.25) is 0 Å². The summed E-state index contributed by atoms with van der Waals surface area (Å²) in [7, 11) is 1.86. The zero-order chi connectivity index (χ0) is 10.7. The molecule has 0 aliphatic heterocycles. The Morgan fingerprint density at radius 3 is 3.07 bits per heavy atom. The fourth-order valence-electron chi connectivity index (χ4n) is 1.52. The highest BCUT2D eigenvalue weighted by atomic mass is 19.1. The van der Waals surface area contributed by atoms with Gasteiger partial charge >= 0.3 is 0 Å². The molecule has 0 saturated heterocycles. The highest BCUT2D eigenvalue weighted by Crippen LogP contribution is 2.20. The maximum atomic E-state index is 13.0. The van der Waals surface area contributed by atoms with Crippen LogP contribution in [0, 0.1) is 5.82 Å². The van der Waals surface area contributed by atoms with Crippen molar-refractivity contribution in [3.8, 4) is 11.3 Å². The van der Waals surface area contributed by atoms with Crippen LogP contribution in [0.2, 0.25) is 0 Å². The molecule has 2 aromatic rings. The third kappa shape index (κ3) is 2.05. The number of nitrogens with zero attached hydrogens (tertiary/aromatic N) is 1. The molecule has 4 heteroatoms. The predicted octanol–water partition coefficient (Wildman–Crippen LogP) is 1.94. The Morgan fingerprint density at radius 1 is 1.47 bits per heavy atom. The summed E-state index contributed by atoms with van der Waals surface area (Å²) in [4.78, 5) is 7.21. The second-order valence-electron chi connectivity index (χ2n) is 3.27. The summed E-state index contributed by atoms with van der Waals surface area (Å²) in [6.07, 6.45) is 1.62. The molecule has 0 radical (unpaired) electrons. The Morgan fingerprint density at radius 2 is 2.33 bits per heavy atom. The lowest BCUT2D eigenvalue weighted by Gasteiger charge is -2.02. The number of nitrogens with one attached hydrogen (secondary N) is 2. The van der Waals surface area contributed by atoms with E-state index >= 15 is 0 Å². The Kier molecular flexibility index (Phi) is 2.78. The third-order valence-electron chi connectivity index (χ3n) is 2.17. The molecule has 1 aromatic heterocycles. The van der Waals surface area contributed by atoms with Gasteiger partial charge in [0.25, 0.3) is 0 Å². The van der Waals surface area contributed by atoms with Crippen LogP contribution < -0.4 is 5.32 Å². The normalized spacial score (nSPS) is 10.5. The van der Waals surface area contributed by atoms with Crippen molar-refractivity contribution in [3.63, 3.8) is 0 Å². The van der Waals surface area contributed by atoms with E-state index in [4.69, 9.17) is 0 Å². The van der Waals surface area contributed by atoms with Gasteiger partial charge in [0.1, 0.15) is 5.82 Å². The van der Waals surface area contributed by atoms with E-state index in [1.165, 1.54) is 12.1 Å². The minimum absolute atomic E-state index is 0.245. The summed E-state index contributed by atoms with van der Waals surface area (Å²) >= 11 is 0. The summed E-state index contributed by atoms with van der Waals surface area (Å²) in [5.74, 6) is -0.245. The molecule has 3 nitrogen and oxygen atoms in total. The number of imidazole rings is 1. The highest BCUT2D eigenvalue weighted by Gasteiger charge is 2.07. The average molecular weight is 205 g/mol. The van der Waals surface area contributed by atoms with Gasteiger partial charge in [-0.1, -0.05) is 12.1 Å². The summed E-state index contributed by atoms with van der Waals surface area (Å²) < 4.78 is 13.0. The first-order valence-electron chi connectivity index (χ1n) is 4.74. The Hall–Kier alpha value is -1.68. The third-order valence-corrected chi connectivity index (χ3v) is 2.17. The van der Waals surface area contributed by atoms with E-state index < -0.39 is 0 Å². The molecule has 78 valence electrons. The lowest BCUT2D eigenvalue weighted by atomic mass is 10.1. The lowest BCUT2D eigenvalue weighted by molar-refractivity contribution is 0.628. The van der Waals surface area contributed by atoms with E-state index in [0.29, 0.717) is 6.54 Å². The van der Waals surface area contributed by atoms with Gasteiger partial charge in [-0.25, -0.2) is 9.37 Å². The number of hydrogen-bond donors (Lipinski definition) is 2. The molecule has 0 aliphatic carbocycles. The fraction of sp³-hybridized carbons (Fsp3) is 0.182. The second kappa shape index (κ2) is 4.23. The van der Waals surface area contributed by atoms with Crippen LogP contribution in [0.5, 0.6) is 0 Å². The molecular weight excluding hydrogens is 193 g/mol. The van der Waals surface area contributed by atoms with E-state index in [9.17, 15) is 4.39 Å². The molecule has 0 unspecified atom stereocenters. The number of hydrogen-bond acceptors (Lipinski definition) is 2. The molecule has 0 spiro atoms. The van der Waals surface area contributed by atoms with Gasteiger partial charge in [0.15, 0.2) is 0 Å². The zero-order valence-corrected chi connectivity index (χ0v) is 8.42. The van der Waals surface area contributed by atoms with Gasteiger partial charge in [-0.15, -0.1) is 0 Å². The van der Waals surface area contributed by atoms with Gasteiger partial charge in [0.05, 0.1) is 17.7 Å². The molecule has 0 atom stereocenters. The van der Waals surface area contributed by atoms with Crippen LogP contribution in [-0.4, -0.2) is 17.0 Å². The van der Waals surface area contributed by atoms with Crippen LogP contribution >= 0.6 is 0 Å². The van der Waals surface area contributed by atoms with E-state index in [0.717, 1.165) is 17.0 Å². The van der Waals surface area contributed by atoms with Crippen LogP contribution in [-0.2, 0) is 6.54 Å². The molecule has 15 heavy (non-hydrogen) atoms. The molecule has 1 aromatic carbocycles. The molecule has 0 saturated carbocycles. The van der Waals surface area contributed by atoms with Crippen LogP contribution in [0.3, 0.4) is 0 Å². The number of halogens is 1. The Balaban J connectivity index is 2.40. The standard InChI is InChI=1S/C11H12FN3/c1-13-6-10-11(15-7-14-10)8-3-2-4-9(12)5-8/h2-5,7,13H,6H2,1H3,(H,14,15). The first kappa shape index (κ1) is 9.86. The van der Waals surface area contributed by atoms with Crippen molar-refractivity contribution in [1.82, 2.24) is 15.3 Å². The van der Waals surface area contributed by atoms with Gasteiger partial charge < -0.3 is 10.3 Å². The lowest BCUT2D eigenvalue weighted by Crippen LogP contribution is -2.06. The van der Waals surface area contributed by atoms with E-state index in [-0.39, 0.29) is 5.82 Å². The second-order valence-corrected chi connectivity index (χ2v) is 3.27. The van der Waals surface area contributed by atoms with Crippen molar-refractivity contribution < 1.29 is 4.39 Å². The first-order chi connectivity index (χ1) is 7.31. The molecular formula is C11H12FN3. The summed E-state index contributed by atoms with van der Waals surface area (Å²) in [5, 5.41) is 3.03. The molecule has 0 fully saturated rings. The van der Waals surface area contributed by atoms with Crippen molar-refractivity contribution in [2.75, 3.05) is 7.05 Å². The number of aromatic nitrogens is 2. The van der Waals surface area contributed by atoms with Gasteiger partial charge in [-0.3, -0.25) is 0 Å². The Bertz CT molecular complexity index is 451. The van der Waals surface area contributed by atoms with Crippen molar-refractivity contribution >= 4 is 0 Å². The monoisotopic (exact) mass is 205 g/mol. The number of aromatic amines is 1. The van der Waals surface area contributed by atoms with Crippen molar-refractivity contribution in [2.24, 2.45) is 0 Å². The maximum absolute atomic E-state index is 13.0. The van der Waals surface area contributed by atoms with E-state index in [1.54, 1.807) is 12.4 Å². The quantitative estimate of drug-likeness (QED) is 0.803. The van der Waals surface area contributed by atoms with Crippen LogP contribution in [0.25, 0.3) is 11.3 Å². The number of H-pyrrole nitrogens is 1. The smallest absolute Gasteiger partial charge is 0.123 e. The molecule has 0 amide bonds. The van der Waals surface area contributed by atoms with Crippen molar-refractivity contribution in [1.29, 1.82) is 0 Å². The van der Waals surface area contributed by atoms with E-state index in [1.807, 2.05) is 13.1 Å². The minimum atomic E-state index is -0.245. The van der Waals surface area contributed by atoms with Gasteiger partial charge in [0, 0.05) is 12.1 Å². The molecule has 0 aliphatic rings. The van der Waals surface area contributed by atoms with Crippen LogP contribution in [0.1, 0.15) is 5.69 Å². The molecule has 2 N–H and O–H groups in total. The fourth-order valence-corrected chi connectivity index (χ4v) is 1.52. The number of rotatable bonds is 3. The highest BCUT2D eigenvalue weighted by molar-refractivity contribution is 5.61. The van der Waals surface area contributed by atoms with Crippen LogP contribution in [0.15, 0.2) is 30.6 Å². The van der Waals surface area contributed by atoms with Crippen molar-refractivity contribution in [2.45, 2.75) is 6.54 Å². The Labute approximate surface area is 87.4 Å². The molecule has 2 rings (SSSR count). The van der Waals surface area contributed by atoms with Gasteiger partial charge in [-0.05, 0) is 19.2 Å². The molecule has 1 heterocycles. The summed E-state index contributed by atoms with van der Waals surface area (Å²) in [5.41, 5.74) is 2.55. The topological polar surface area (TPSA) is 40.7 Å². The SMILES string of the molecule is CNCc1[nH]cnc1-c1cccc(F)c1. The summed E-state index contributed by atoms with van der Waals surface area (Å²) in [6, 6.07) is 6.43. The maximum Gasteiger partial charge on any atom is 0.123 e. The number of benzene rings is 1. The minimum Gasteiger partial charge on any atom is -0.347 e. The van der Waals surface area contributed by atoms with Gasteiger partial charge in [-0.2, -0.15) is 0 Å². The predicted molar refractivity (Wildman–Crippen MR) is 56.7 cm³/mol. The first-order valence-corrected chi connectivity index (χ1v) is 4.74. The average Bonchev–Trinajstić information content (AvgIpc) is 2.66. The zero-order valence-electron chi connectivity index (χ0n) is 8.42. The van der Waals surface area contributed by atoms with Crippen LogP contribution in [0.4, 0.5) is 4.39 Å². The summed E-state index contributed by atoms with van der Waals surface area (Å²) in [6.45, 7) is 0.686. The van der Waals surface area contributed by atoms with Crippen molar-refractivity contribution in [3.05, 3.63) is 42.1 Å². The molecule has 0 bridgehead atoms. The van der Waals surface area contributed by atoms with E-state index in [2.05, 4.69) is 15.3 Å².